The number of halogens is 1. The predicted molar refractivity (Wildman–Crippen MR) is 89.0 cm³/mol. The molecule has 2 aromatic rings. The quantitative estimate of drug-likeness (QED) is 0.824. The number of nitrogens with zero attached hydrogens (tertiary/aromatic N) is 2. The predicted octanol–water partition coefficient (Wildman–Crippen LogP) is 3.42. The Hall–Kier alpha value is -1.95. The Morgan fingerprint density at radius 3 is 2.64 bits per heavy atom. The maximum absolute atomic E-state index is 11.3. The third kappa shape index (κ3) is 4.04. The number of benzene rings is 1. The van der Waals surface area contributed by atoms with Gasteiger partial charge in [0.1, 0.15) is 5.82 Å². The molecule has 6 heteroatoms. The van der Waals surface area contributed by atoms with E-state index >= 15 is 0 Å². The summed E-state index contributed by atoms with van der Waals surface area (Å²) < 4.78 is 5.65. The van der Waals surface area contributed by atoms with Crippen molar-refractivity contribution in [2.45, 2.75) is 19.3 Å². The van der Waals surface area contributed by atoms with Crippen LogP contribution in [-0.4, -0.2) is 29.8 Å². The Morgan fingerprint density at radius 1 is 1.27 bits per heavy atom. The van der Waals surface area contributed by atoms with E-state index in [2.05, 4.69) is 62.2 Å². The van der Waals surface area contributed by atoms with Gasteiger partial charge in [-0.3, -0.25) is 0 Å². The summed E-state index contributed by atoms with van der Waals surface area (Å²) in [7, 11) is 1.32. The van der Waals surface area contributed by atoms with Crippen LogP contribution in [0, 0.1) is 0 Å². The summed E-state index contributed by atoms with van der Waals surface area (Å²) in [4.78, 5) is 11.3. The number of hydrogen-bond acceptors (Lipinski definition) is 5. The molecule has 0 aliphatic carbocycles. The molecule has 22 heavy (non-hydrogen) atoms. The van der Waals surface area contributed by atoms with Crippen LogP contribution in [0.4, 0.5) is 5.82 Å². The molecule has 0 bridgehead atoms. The summed E-state index contributed by atoms with van der Waals surface area (Å²) in [6.45, 7) is 4.99. The minimum absolute atomic E-state index is 0.0769. The topological polar surface area (TPSA) is 64.1 Å². The summed E-state index contributed by atoms with van der Waals surface area (Å²) in [6, 6.07) is 11.5. The van der Waals surface area contributed by atoms with Gasteiger partial charge in [-0.1, -0.05) is 41.9 Å². The number of carbonyl (C=O) groups is 1. The summed E-state index contributed by atoms with van der Waals surface area (Å²) in [5.74, 6) is 0.129. The molecule has 0 unspecified atom stereocenters. The third-order valence-electron chi connectivity index (χ3n) is 3.38. The lowest BCUT2D eigenvalue weighted by Crippen LogP contribution is -2.28. The summed E-state index contributed by atoms with van der Waals surface area (Å²) >= 11 is 3.49. The van der Waals surface area contributed by atoms with Crippen molar-refractivity contribution in [2.24, 2.45) is 0 Å². The van der Waals surface area contributed by atoms with E-state index in [1.165, 1.54) is 12.7 Å². The molecule has 0 saturated carbocycles. The van der Waals surface area contributed by atoms with E-state index in [0.29, 0.717) is 12.4 Å². The number of nitrogens with one attached hydrogen (secondary N) is 1. The lowest BCUT2D eigenvalue weighted by atomic mass is 9.84. The van der Waals surface area contributed by atoms with Crippen molar-refractivity contribution in [3.8, 4) is 0 Å². The zero-order valence-electron chi connectivity index (χ0n) is 12.8. The van der Waals surface area contributed by atoms with E-state index in [-0.39, 0.29) is 11.1 Å². The van der Waals surface area contributed by atoms with E-state index in [1.54, 1.807) is 12.1 Å². The van der Waals surface area contributed by atoms with Gasteiger partial charge in [0.2, 0.25) is 0 Å². The molecule has 1 heterocycles. The van der Waals surface area contributed by atoms with Gasteiger partial charge in [-0.15, -0.1) is 10.2 Å². The van der Waals surface area contributed by atoms with Crippen molar-refractivity contribution in [1.29, 1.82) is 0 Å². The number of anilines is 1. The summed E-state index contributed by atoms with van der Waals surface area (Å²) in [5.41, 5.74) is 1.33. The monoisotopic (exact) mass is 363 g/mol. The Kier molecular flexibility index (Phi) is 5.13. The van der Waals surface area contributed by atoms with Crippen molar-refractivity contribution in [3.63, 3.8) is 0 Å². The molecule has 0 saturated heterocycles. The van der Waals surface area contributed by atoms with Crippen molar-refractivity contribution in [2.75, 3.05) is 19.0 Å². The Labute approximate surface area is 138 Å². The largest absolute Gasteiger partial charge is 0.464 e. The standard InChI is InChI=1S/C16H18BrN3O2/c1-16(2,11-5-4-6-12(17)9-11)10-18-14-8-7-13(19-20-14)15(21)22-3/h4-9H,10H2,1-3H3,(H,18,20). The Morgan fingerprint density at radius 2 is 2.05 bits per heavy atom. The smallest absolute Gasteiger partial charge is 0.358 e. The van der Waals surface area contributed by atoms with Crippen molar-refractivity contribution in [3.05, 3.63) is 52.1 Å². The van der Waals surface area contributed by atoms with Crippen LogP contribution in [0.15, 0.2) is 40.9 Å². The number of methoxy groups -OCH3 is 1. The Bertz CT molecular complexity index is 657. The second kappa shape index (κ2) is 6.87. The molecule has 1 aromatic heterocycles. The van der Waals surface area contributed by atoms with Crippen LogP contribution in [-0.2, 0) is 10.2 Å². The molecular formula is C16H18BrN3O2. The van der Waals surface area contributed by atoms with Crippen LogP contribution in [0.1, 0.15) is 29.9 Å². The number of rotatable bonds is 5. The van der Waals surface area contributed by atoms with E-state index in [0.717, 1.165) is 4.47 Å². The minimum atomic E-state index is -0.492. The normalized spacial score (nSPS) is 11.1. The zero-order valence-corrected chi connectivity index (χ0v) is 14.3. The van der Waals surface area contributed by atoms with Gasteiger partial charge >= 0.3 is 5.97 Å². The molecule has 0 radical (unpaired) electrons. The van der Waals surface area contributed by atoms with Gasteiger partial charge < -0.3 is 10.1 Å². The molecule has 116 valence electrons. The lowest BCUT2D eigenvalue weighted by molar-refractivity contribution is 0.0593. The van der Waals surface area contributed by atoms with Gasteiger partial charge in [-0.2, -0.15) is 0 Å². The first-order chi connectivity index (χ1) is 10.4. The molecule has 0 atom stereocenters. The average Bonchev–Trinajstić information content (AvgIpc) is 2.53. The molecule has 5 nitrogen and oxygen atoms in total. The van der Waals surface area contributed by atoms with E-state index in [9.17, 15) is 4.79 Å². The molecule has 2 rings (SSSR count). The Balaban J connectivity index is 2.04. The fourth-order valence-corrected chi connectivity index (χ4v) is 2.36. The van der Waals surface area contributed by atoms with E-state index in [4.69, 9.17) is 0 Å². The van der Waals surface area contributed by atoms with Gasteiger partial charge in [-0.25, -0.2) is 4.79 Å². The highest BCUT2D eigenvalue weighted by Crippen LogP contribution is 2.26. The third-order valence-corrected chi connectivity index (χ3v) is 3.87. The van der Waals surface area contributed by atoms with E-state index in [1.807, 2.05) is 12.1 Å². The molecule has 0 aliphatic rings. The first-order valence-electron chi connectivity index (χ1n) is 6.84. The SMILES string of the molecule is COC(=O)c1ccc(NCC(C)(C)c2cccc(Br)c2)nn1. The maximum Gasteiger partial charge on any atom is 0.358 e. The highest BCUT2D eigenvalue weighted by molar-refractivity contribution is 9.10. The molecular weight excluding hydrogens is 346 g/mol. The fourth-order valence-electron chi connectivity index (χ4n) is 1.96. The van der Waals surface area contributed by atoms with Crippen molar-refractivity contribution in [1.82, 2.24) is 10.2 Å². The number of aromatic nitrogens is 2. The summed E-state index contributed by atoms with van der Waals surface area (Å²) in [6.07, 6.45) is 0. The van der Waals surface area contributed by atoms with Crippen LogP contribution in [0.5, 0.6) is 0 Å². The molecule has 0 aliphatic heterocycles. The van der Waals surface area contributed by atoms with Gasteiger partial charge in [0.15, 0.2) is 5.69 Å². The first kappa shape index (κ1) is 16.4. The molecule has 1 N–H and O–H groups in total. The molecule has 0 fully saturated rings. The lowest BCUT2D eigenvalue weighted by Gasteiger charge is -2.26. The van der Waals surface area contributed by atoms with Gasteiger partial charge in [0, 0.05) is 16.4 Å². The highest BCUT2D eigenvalue weighted by Gasteiger charge is 2.21. The van der Waals surface area contributed by atoms with Gasteiger partial charge in [-0.05, 0) is 29.8 Å². The van der Waals surface area contributed by atoms with Crippen LogP contribution >= 0.6 is 15.9 Å². The first-order valence-corrected chi connectivity index (χ1v) is 7.63. The second-order valence-electron chi connectivity index (χ2n) is 5.54. The average molecular weight is 364 g/mol. The van der Waals surface area contributed by atoms with Gasteiger partial charge in [0.25, 0.3) is 0 Å². The molecule has 1 aromatic carbocycles. The minimum Gasteiger partial charge on any atom is -0.464 e. The van der Waals surface area contributed by atoms with Gasteiger partial charge in [0.05, 0.1) is 7.11 Å². The second-order valence-corrected chi connectivity index (χ2v) is 6.46. The molecule has 0 spiro atoms. The summed E-state index contributed by atoms with van der Waals surface area (Å²) in [5, 5.41) is 11.1. The fraction of sp³-hybridized carbons (Fsp3) is 0.312. The number of hydrogen-bond donors (Lipinski definition) is 1. The number of esters is 1. The molecule has 0 amide bonds. The van der Waals surface area contributed by atoms with Crippen LogP contribution < -0.4 is 5.32 Å². The highest BCUT2D eigenvalue weighted by atomic mass is 79.9. The maximum atomic E-state index is 11.3. The zero-order chi connectivity index (χ0) is 16.2. The van der Waals surface area contributed by atoms with E-state index < -0.39 is 5.97 Å². The van der Waals surface area contributed by atoms with Crippen LogP contribution in [0.3, 0.4) is 0 Å². The van der Waals surface area contributed by atoms with Crippen LogP contribution in [0.2, 0.25) is 0 Å². The van der Waals surface area contributed by atoms with Crippen molar-refractivity contribution < 1.29 is 9.53 Å². The van der Waals surface area contributed by atoms with Crippen molar-refractivity contribution >= 4 is 27.7 Å². The number of ether oxygens (including phenoxy) is 1. The van der Waals surface area contributed by atoms with Crippen LogP contribution in [0.25, 0.3) is 0 Å². The number of carbonyl (C=O) groups excluding carboxylic acids is 1.